The quantitative estimate of drug-likeness (QED) is 0.362. The van der Waals surface area contributed by atoms with Crippen molar-refractivity contribution in [2.45, 2.75) is 25.8 Å². The van der Waals surface area contributed by atoms with Crippen LogP contribution in [0.25, 0.3) is 11.3 Å². The van der Waals surface area contributed by atoms with Crippen molar-refractivity contribution in [3.8, 4) is 28.5 Å². The molecule has 36 heavy (non-hydrogen) atoms. The minimum absolute atomic E-state index is 0.107. The number of ether oxygens (including phenoxy) is 2. The number of hydrogen-bond acceptors (Lipinski definition) is 5. The van der Waals surface area contributed by atoms with Gasteiger partial charge in [0.2, 0.25) is 0 Å². The van der Waals surface area contributed by atoms with Gasteiger partial charge in [0.15, 0.2) is 11.5 Å². The number of aromatic amines is 1. The molecule has 7 heteroatoms. The maximum absolute atomic E-state index is 13.6. The van der Waals surface area contributed by atoms with E-state index in [9.17, 15) is 9.90 Å². The number of fused-ring (bicyclic) bond motifs is 1. The summed E-state index contributed by atoms with van der Waals surface area (Å²) in [4.78, 5) is 15.5. The molecule has 0 saturated heterocycles. The van der Waals surface area contributed by atoms with Gasteiger partial charge in [0, 0.05) is 17.7 Å². The summed E-state index contributed by atoms with van der Waals surface area (Å²) in [5, 5.41) is 18.0. The molecule has 1 atom stereocenters. The van der Waals surface area contributed by atoms with E-state index in [0.717, 1.165) is 23.1 Å². The zero-order chi connectivity index (χ0) is 25.2. The van der Waals surface area contributed by atoms with Crippen molar-refractivity contribution in [2.24, 2.45) is 0 Å². The van der Waals surface area contributed by atoms with E-state index >= 15 is 0 Å². The number of nitrogens with zero attached hydrogens (tertiary/aromatic N) is 2. The lowest BCUT2D eigenvalue weighted by atomic mass is 9.94. The zero-order valence-corrected chi connectivity index (χ0v) is 20.6. The average Bonchev–Trinajstić information content (AvgIpc) is 3.46. The number of aromatic nitrogens is 2. The molecule has 0 aliphatic carbocycles. The van der Waals surface area contributed by atoms with Gasteiger partial charge in [-0.05, 0) is 53.8 Å². The lowest BCUT2D eigenvalue weighted by Crippen LogP contribution is -2.31. The van der Waals surface area contributed by atoms with Crippen LogP contribution < -0.4 is 9.47 Å². The van der Waals surface area contributed by atoms with Gasteiger partial charge in [0.25, 0.3) is 5.91 Å². The minimum Gasteiger partial charge on any atom is -0.507 e. The normalized spacial score (nSPS) is 14.7. The van der Waals surface area contributed by atoms with Crippen LogP contribution in [-0.4, -0.2) is 46.9 Å². The highest BCUT2D eigenvalue weighted by molar-refractivity contribution is 6.00. The first-order valence-electron chi connectivity index (χ1n) is 12.0. The van der Waals surface area contributed by atoms with Crippen LogP contribution in [0.4, 0.5) is 0 Å². The third-order valence-electron chi connectivity index (χ3n) is 6.82. The summed E-state index contributed by atoms with van der Waals surface area (Å²) in [6.45, 7) is 2.62. The fourth-order valence-corrected chi connectivity index (χ4v) is 4.87. The standard InChI is InChI=1S/C29H29N3O4/c1-4-18-9-12-20(13-10-18)28-25-26(21-7-5-6-8-22(21)33)30-31-27(25)29(34)32(28)16-15-19-11-14-23(35-2)24(17-19)36-3/h5-14,17,28,33H,4,15-16H2,1-3H3,(H,30,31)/t28-/m1/s1. The number of methoxy groups -OCH3 is 2. The summed E-state index contributed by atoms with van der Waals surface area (Å²) in [6, 6.07) is 20.9. The molecule has 0 unspecified atom stereocenters. The molecule has 184 valence electrons. The molecular formula is C29H29N3O4. The molecule has 1 aliphatic rings. The Morgan fingerprint density at radius 3 is 2.39 bits per heavy atom. The number of aromatic hydroxyl groups is 1. The first-order chi connectivity index (χ1) is 17.5. The first-order valence-corrected chi connectivity index (χ1v) is 12.0. The van der Waals surface area contributed by atoms with E-state index in [4.69, 9.17) is 9.47 Å². The maximum Gasteiger partial charge on any atom is 0.273 e. The number of carbonyl (C=O) groups excluding carboxylic acids is 1. The van der Waals surface area contributed by atoms with Crippen molar-refractivity contribution < 1.29 is 19.4 Å². The van der Waals surface area contributed by atoms with Crippen molar-refractivity contribution in [1.82, 2.24) is 15.1 Å². The number of nitrogens with one attached hydrogen (secondary N) is 1. The fourth-order valence-electron chi connectivity index (χ4n) is 4.87. The van der Waals surface area contributed by atoms with Gasteiger partial charge < -0.3 is 19.5 Å². The Hall–Kier alpha value is -4.26. The highest BCUT2D eigenvalue weighted by Gasteiger charge is 2.42. The topological polar surface area (TPSA) is 87.7 Å². The lowest BCUT2D eigenvalue weighted by Gasteiger charge is -2.27. The number of rotatable bonds is 8. The third kappa shape index (κ3) is 4.06. The molecule has 1 aromatic heterocycles. The maximum atomic E-state index is 13.6. The van der Waals surface area contributed by atoms with Crippen LogP contribution >= 0.6 is 0 Å². The largest absolute Gasteiger partial charge is 0.507 e. The first kappa shape index (κ1) is 23.5. The minimum atomic E-state index is -0.327. The van der Waals surface area contributed by atoms with Crippen LogP contribution in [0.2, 0.25) is 0 Å². The van der Waals surface area contributed by atoms with Crippen molar-refractivity contribution >= 4 is 5.91 Å². The second-order valence-corrected chi connectivity index (χ2v) is 8.81. The van der Waals surface area contributed by atoms with Crippen LogP contribution in [0, 0.1) is 0 Å². The summed E-state index contributed by atoms with van der Waals surface area (Å²) in [6.07, 6.45) is 1.58. The van der Waals surface area contributed by atoms with Gasteiger partial charge in [-0.25, -0.2) is 0 Å². The number of aryl methyl sites for hydroxylation is 1. The van der Waals surface area contributed by atoms with E-state index in [-0.39, 0.29) is 17.7 Å². The molecule has 0 bridgehead atoms. The SMILES string of the molecule is CCc1ccc([C@@H]2c3c(-c4ccccc4O)n[nH]c3C(=O)N2CCc2ccc(OC)c(OC)c2)cc1. The van der Waals surface area contributed by atoms with Crippen LogP contribution in [0.1, 0.15) is 45.7 Å². The summed E-state index contributed by atoms with van der Waals surface area (Å²) in [5.41, 5.74) is 5.71. The highest BCUT2D eigenvalue weighted by Crippen LogP contribution is 2.44. The molecular weight excluding hydrogens is 454 g/mol. The Labute approximate surface area is 210 Å². The molecule has 2 N–H and O–H groups in total. The Bertz CT molecular complexity index is 1390. The van der Waals surface area contributed by atoms with Crippen molar-refractivity contribution in [2.75, 3.05) is 20.8 Å². The van der Waals surface area contributed by atoms with Gasteiger partial charge >= 0.3 is 0 Å². The highest BCUT2D eigenvalue weighted by atomic mass is 16.5. The Balaban J connectivity index is 1.54. The van der Waals surface area contributed by atoms with E-state index < -0.39 is 0 Å². The Morgan fingerprint density at radius 2 is 1.69 bits per heavy atom. The van der Waals surface area contributed by atoms with Gasteiger partial charge in [0.05, 0.1) is 20.3 Å². The molecule has 2 heterocycles. The number of carbonyl (C=O) groups is 1. The summed E-state index contributed by atoms with van der Waals surface area (Å²) in [7, 11) is 3.22. The van der Waals surface area contributed by atoms with Gasteiger partial charge in [0.1, 0.15) is 17.1 Å². The molecule has 0 saturated carbocycles. The third-order valence-corrected chi connectivity index (χ3v) is 6.82. The lowest BCUT2D eigenvalue weighted by molar-refractivity contribution is 0.0746. The van der Waals surface area contributed by atoms with Crippen LogP contribution in [0.15, 0.2) is 66.7 Å². The molecule has 1 amide bonds. The van der Waals surface area contributed by atoms with Crippen molar-refractivity contribution in [1.29, 1.82) is 0 Å². The van der Waals surface area contributed by atoms with E-state index in [1.807, 2.05) is 35.2 Å². The van der Waals surface area contributed by atoms with Crippen LogP contribution in [0.5, 0.6) is 17.2 Å². The Morgan fingerprint density at radius 1 is 0.972 bits per heavy atom. The van der Waals surface area contributed by atoms with E-state index in [0.29, 0.717) is 41.4 Å². The number of hydrogen-bond donors (Lipinski definition) is 2. The van der Waals surface area contributed by atoms with Gasteiger partial charge in [-0.2, -0.15) is 5.10 Å². The smallest absolute Gasteiger partial charge is 0.273 e. The number of phenols is 1. The number of amides is 1. The summed E-state index contributed by atoms with van der Waals surface area (Å²) >= 11 is 0. The molecule has 0 fully saturated rings. The molecule has 5 rings (SSSR count). The predicted molar refractivity (Wildman–Crippen MR) is 138 cm³/mol. The number of benzene rings is 3. The second kappa shape index (κ2) is 9.77. The van der Waals surface area contributed by atoms with Gasteiger partial charge in [-0.3, -0.25) is 9.89 Å². The second-order valence-electron chi connectivity index (χ2n) is 8.81. The zero-order valence-electron chi connectivity index (χ0n) is 20.6. The molecule has 4 aromatic rings. The van der Waals surface area contributed by atoms with Gasteiger partial charge in [-0.15, -0.1) is 0 Å². The Kier molecular flexibility index (Phi) is 6.38. The van der Waals surface area contributed by atoms with Crippen LogP contribution in [-0.2, 0) is 12.8 Å². The molecule has 7 nitrogen and oxygen atoms in total. The number of para-hydroxylation sites is 1. The van der Waals surface area contributed by atoms with Crippen molar-refractivity contribution in [3.05, 3.63) is 94.7 Å². The summed E-state index contributed by atoms with van der Waals surface area (Å²) in [5.74, 6) is 1.35. The number of H-pyrrole nitrogens is 1. The van der Waals surface area contributed by atoms with E-state index in [2.05, 4.69) is 41.4 Å². The monoisotopic (exact) mass is 483 g/mol. The average molecular weight is 484 g/mol. The van der Waals surface area contributed by atoms with E-state index in [1.54, 1.807) is 26.4 Å². The molecule has 3 aromatic carbocycles. The number of phenolic OH excluding ortho intramolecular Hbond substituents is 1. The van der Waals surface area contributed by atoms with E-state index in [1.165, 1.54) is 5.56 Å². The van der Waals surface area contributed by atoms with Crippen molar-refractivity contribution in [3.63, 3.8) is 0 Å². The molecule has 0 radical (unpaired) electrons. The molecule has 1 aliphatic heterocycles. The summed E-state index contributed by atoms with van der Waals surface area (Å²) < 4.78 is 10.8. The van der Waals surface area contributed by atoms with Gasteiger partial charge in [-0.1, -0.05) is 49.4 Å². The molecule has 0 spiro atoms. The predicted octanol–water partition coefficient (Wildman–Crippen LogP) is 5.15. The fraction of sp³-hybridized carbons (Fsp3) is 0.241. The van der Waals surface area contributed by atoms with Crippen LogP contribution in [0.3, 0.4) is 0 Å².